The maximum absolute atomic E-state index is 14.1. The monoisotopic (exact) mass is 411 g/mol. The Morgan fingerprint density at radius 3 is 2.37 bits per heavy atom. The highest BCUT2D eigenvalue weighted by molar-refractivity contribution is 6.09. The van der Waals surface area contributed by atoms with Crippen LogP contribution in [-0.4, -0.2) is 22.1 Å². The molecule has 4 N–H and O–H groups in total. The Morgan fingerprint density at radius 1 is 0.967 bits per heavy atom. The molecule has 0 spiro atoms. The standard InChI is InChI=1S/C21H11F2NO6/c22-13-4-11-17(6-15(13)25)30-18-7-16(26)14(23)5-12(18)19(11)10-3-8(20(24)27)1-2-9(10)21(28)29/h1-7,25H,(H2,24,27)(H,28,29). The summed E-state index contributed by atoms with van der Waals surface area (Å²) in [7, 11) is 0. The van der Waals surface area contributed by atoms with E-state index in [1.165, 1.54) is 12.1 Å². The molecule has 0 fully saturated rings. The zero-order chi connectivity index (χ0) is 21.7. The minimum atomic E-state index is -1.37. The van der Waals surface area contributed by atoms with Gasteiger partial charge < -0.3 is 20.4 Å². The van der Waals surface area contributed by atoms with Crippen LogP contribution < -0.4 is 11.2 Å². The molecule has 7 nitrogen and oxygen atoms in total. The van der Waals surface area contributed by atoms with E-state index < -0.39 is 34.7 Å². The maximum atomic E-state index is 14.1. The van der Waals surface area contributed by atoms with Gasteiger partial charge in [-0.3, -0.25) is 9.59 Å². The van der Waals surface area contributed by atoms with Crippen molar-refractivity contribution in [3.05, 3.63) is 75.4 Å². The van der Waals surface area contributed by atoms with Gasteiger partial charge in [0.25, 0.3) is 0 Å². The summed E-state index contributed by atoms with van der Waals surface area (Å²) in [5.74, 6) is -5.27. The number of phenols is 1. The van der Waals surface area contributed by atoms with Gasteiger partial charge >= 0.3 is 5.97 Å². The zero-order valence-corrected chi connectivity index (χ0v) is 14.9. The van der Waals surface area contributed by atoms with Crippen molar-refractivity contribution in [3.8, 4) is 28.2 Å². The summed E-state index contributed by atoms with van der Waals surface area (Å²) in [6.07, 6.45) is 0. The number of amides is 1. The van der Waals surface area contributed by atoms with Gasteiger partial charge in [-0.25, -0.2) is 13.6 Å². The number of fused-ring (bicyclic) bond motifs is 2. The van der Waals surface area contributed by atoms with Gasteiger partial charge in [-0.2, -0.15) is 0 Å². The third-order valence-electron chi connectivity index (χ3n) is 4.65. The molecule has 1 aliphatic heterocycles. The van der Waals surface area contributed by atoms with Crippen LogP contribution >= 0.6 is 0 Å². The first kappa shape index (κ1) is 19.1. The van der Waals surface area contributed by atoms with Crippen molar-refractivity contribution in [1.82, 2.24) is 0 Å². The first-order chi connectivity index (χ1) is 14.2. The van der Waals surface area contributed by atoms with Crippen molar-refractivity contribution in [3.63, 3.8) is 0 Å². The Balaban J connectivity index is 2.27. The molecule has 1 amide bonds. The molecule has 1 aliphatic carbocycles. The van der Waals surface area contributed by atoms with E-state index in [1.807, 2.05) is 0 Å². The fourth-order valence-electron chi connectivity index (χ4n) is 3.28. The van der Waals surface area contributed by atoms with Crippen molar-refractivity contribution in [2.75, 3.05) is 0 Å². The molecule has 0 aromatic heterocycles. The number of phenolic OH excluding ortho intramolecular Hbond substituents is 1. The molecule has 150 valence electrons. The van der Waals surface area contributed by atoms with Gasteiger partial charge in [0.15, 0.2) is 17.4 Å². The fraction of sp³-hybridized carbons (Fsp3) is 0. The lowest BCUT2D eigenvalue weighted by molar-refractivity contribution is 0.0697. The fourth-order valence-corrected chi connectivity index (χ4v) is 3.28. The number of nitrogens with two attached hydrogens (primary N) is 1. The molecule has 9 heteroatoms. The Hall–Kier alpha value is -4.27. The Labute approximate surface area is 165 Å². The quantitative estimate of drug-likeness (QED) is 0.443. The molecule has 0 saturated heterocycles. The molecule has 2 aromatic rings. The lowest BCUT2D eigenvalue weighted by Gasteiger charge is -2.17. The summed E-state index contributed by atoms with van der Waals surface area (Å²) in [5.41, 5.74) is 3.78. The van der Waals surface area contributed by atoms with E-state index >= 15 is 0 Å². The minimum Gasteiger partial charge on any atom is -0.505 e. The molecule has 0 unspecified atom stereocenters. The molecule has 30 heavy (non-hydrogen) atoms. The molecule has 0 radical (unpaired) electrons. The first-order valence-electron chi connectivity index (χ1n) is 8.43. The van der Waals surface area contributed by atoms with Gasteiger partial charge in [-0.05, 0) is 35.9 Å². The molecule has 0 atom stereocenters. The van der Waals surface area contributed by atoms with Gasteiger partial charge in [-0.15, -0.1) is 0 Å². The number of hydrogen-bond acceptors (Lipinski definition) is 5. The zero-order valence-electron chi connectivity index (χ0n) is 14.9. The van der Waals surface area contributed by atoms with Crippen molar-refractivity contribution < 1.29 is 33.0 Å². The number of aromatic hydroxyl groups is 1. The number of carbonyl (C=O) groups is 2. The summed E-state index contributed by atoms with van der Waals surface area (Å²) in [5, 5.41) is 19.3. The maximum Gasteiger partial charge on any atom is 0.336 e. The van der Waals surface area contributed by atoms with Gasteiger partial charge in [-0.1, -0.05) is 0 Å². The van der Waals surface area contributed by atoms with Gasteiger partial charge in [0.2, 0.25) is 11.3 Å². The third kappa shape index (κ3) is 2.93. The van der Waals surface area contributed by atoms with Crippen molar-refractivity contribution in [1.29, 1.82) is 0 Å². The van der Waals surface area contributed by atoms with E-state index in [0.717, 1.165) is 30.3 Å². The number of aromatic carboxylic acids is 1. The smallest absolute Gasteiger partial charge is 0.336 e. The number of carboxylic acid groups (broad SMARTS) is 1. The second-order valence-electron chi connectivity index (χ2n) is 6.49. The number of halogens is 2. The Bertz CT molecular complexity index is 1410. The predicted molar refractivity (Wildman–Crippen MR) is 102 cm³/mol. The lowest BCUT2D eigenvalue weighted by atomic mass is 9.89. The van der Waals surface area contributed by atoms with Crippen LogP contribution in [0.15, 0.2) is 51.7 Å². The van der Waals surface area contributed by atoms with Crippen LogP contribution in [0.25, 0.3) is 33.4 Å². The van der Waals surface area contributed by atoms with E-state index in [4.69, 9.17) is 10.2 Å². The Kier molecular flexibility index (Phi) is 4.23. The number of benzene rings is 3. The molecule has 1 heterocycles. The minimum absolute atomic E-state index is 0.00968. The van der Waals surface area contributed by atoms with E-state index in [-0.39, 0.29) is 44.5 Å². The molecule has 0 saturated carbocycles. The summed E-state index contributed by atoms with van der Waals surface area (Å²) in [6.45, 7) is 0. The van der Waals surface area contributed by atoms with Crippen LogP contribution in [0.3, 0.4) is 0 Å². The number of carbonyl (C=O) groups excluding carboxylic acids is 1. The van der Waals surface area contributed by atoms with Crippen LogP contribution in [0, 0.1) is 11.6 Å². The highest BCUT2D eigenvalue weighted by Crippen LogP contribution is 2.43. The van der Waals surface area contributed by atoms with E-state index in [9.17, 15) is 33.4 Å². The van der Waals surface area contributed by atoms with Crippen LogP contribution in [-0.2, 0) is 0 Å². The molecular formula is C21H11F2NO6. The topological polar surface area (TPSA) is 131 Å². The third-order valence-corrected chi connectivity index (χ3v) is 4.65. The second-order valence-corrected chi connectivity index (χ2v) is 6.49. The second kappa shape index (κ2) is 6.66. The van der Waals surface area contributed by atoms with Crippen LogP contribution in [0.1, 0.15) is 20.7 Å². The predicted octanol–water partition coefficient (Wildman–Crippen LogP) is 3.35. The summed E-state index contributed by atoms with van der Waals surface area (Å²) in [6, 6.07) is 7.03. The van der Waals surface area contributed by atoms with Gasteiger partial charge in [0.1, 0.15) is 11.3 Å². The molecule has 0 bridgehead atoms. The molecule has 2 aliphatic rings. The number of hydrogen-bond donors (Lipinski definition) is 3. The van der Waals surface area contributed by atoms with Crippen molar-refractivity contribution in [2.45, 2.75) is 0 Å². The normalized spacial score (nSPS) is 11.1. The van der Waals surface area contributed by atoms with Crippen molar-refractivity contribution >= 4 is 22.8 Å². The average molecular weight is 411 g/mol. The SMILES string of the molecule is NC(=O)c1ccc(C(=O)O)c(-c2c3cc(F)c(=O)cc-3oc3cc(O)c(F)cc23)c1. The molecular weight excluding hydrogens is 400 g/mol. The van der Waals surface area contributed by atoms with Gasteiger partial charge in [0.05, 0.1) is 5.56 Å². The van der Waals surface area contributed by atoms with E-state index in [2.05, 4.69) is 0 Å². The van der Waals surface area contributed by atoms with Crippen LogP contribution in [0.4, 0.5) is 8.78 Å². The number of primary amides is 1. The number of rotatable bonds is 3. The largest absolute Gasteiger partial charge is 0.505 e. The van der Waals surface area contributed by atoms with Crippen LogP contribution in [0.2, 0.25) is 0 Å². The molecule has 2 aromatic carbocycles. The first-order valence-corrected chi connectivity index (χ1v) is 8.43. The summed E-state index contributed by atoms with van der Waals surface area (Å²) >= 11 is 0. The summed E-state index contributed by atoms with van der Waals surface area (Å²) in [4.78, 5) is 35.2. The van der Waals surface area contributed by atoms with E-state index in [0.29, 0.717) is 0 Å². The number of carboxylic acids is 1. The lowest BCUT2D eigenvalue weighted by Crippen LogP contribution is -2.12. The Morgan fingerprint density at radius 2 is 1.70 bits per heavy atom. The molecule has 4 rings (SSSR count). The summed E-state index contributed by atoms with van der Waals surface area (Å²) < 4.78 is 33.8. The van der Waals surface area contributed by atoms with Crippen LogP contribution in [0.5, 0.6) is 5.75 Å². The van der Waals surface area contributed by atoms with Crippen molar-refractivity contribution in [2.24, 2.45) is 5.73 Å². The van der Waals surface area contributed by atoms with E-state index in [1.54, 1.807) is 0 Å². The highest BCUT2D eigenvalue weighted by atomic mass is 19.1. The van der Waals surface area contributed by atoms with Gasteiger partial charge in [0, 0.05) is 34.2 Å². The average Bonchev–Trinajstić information content (AvgIpc) is 2.68. The highest BCUT2D eigenvalue weighted by Gasteiger charge is 2.25.